The van der Waals surface area contributed by atoms with Gasteiger partial charge in [-0.25, -0.2) is 0 Å². The number of aromatic nitrogens is 3. The van der Waals surface area contributed by atoms with Crippen molar-refractivity contribution in [1.29, 1.82) is 0 Å². The lowest BCUT2D eigenvalue weighted by molar-refractivity contribution is 0.379. The molecule has 0 radical (unpaired) electrons. The van der Waals surface area contributed by atoms with Gasteiger partial charge in [0.25, 0.3) is 0 Å². The van der Waals surface area contributed by atoms with E-state index in [1.807, 2.05) is 27.7 Å². The molecule has 1 aromatic heterocycles. The van der Waals surface area contributed by atoms with Crippen LogP contribution in [0, 0.1) is 0 Å². The molecule has 0 aliphatic carbocycles. The average molecular weight is 195 g/mol. The summed E-state index contributed by atoms with van der Waals surface area (Å²) in [4.78, 5) is 4.32. The third-order valence-electron chi connectivity index (χ3n) is 1.95. The predicted octanol–water partition coefficient (Wildman–Crippen LogP) is 2.13. The summed E-state index contributed by atoms with van der Waals surface area (Å²) >= 11 is 0. The molecule has 0 fully saturated rings. The van der Waals surface area contributed by atoms with Gasteiger partial charge in [0.15, 0.2) is 5.82 Å². The van der Waals surface area contributed by atoms with Gasteiger partial charge in [0, 0.05) is 11.8 Å². The van der Waals surface area contributed by atoms with E-state index >= 15 is 0 Å². The van der Waals surface area contributed by atoms with E-state index in [1.165, 1.54) is 0 Å². The highest BCUT2D eigenvalue weighted by atomic mass is 16.5. The predicted molar refractivity (Wildman–Crippen MR) is 54.6 cm³/mol. The molecule has 0 N–H and O–H groups in total. The molecule has 0 unspecified atom stereocenters. The Morgan fingerprint density at radius 2 is 1.64 bits per heavy atom. The Hall–Kier alpha value is -1.19. The molecule has 0 atom stereocenters. The van der Waals surface area contributed by atoms with Crippen LogP contribution in [0.2, 0.25) is 0 Å². The van der Waals surface area contributed by atoms with Gasteiger partial charge in [0.2, 0.25) is 5.88 Å². The molecule has 1 heterocycles. The van der Waals surface area contributed by atoms with Gasteiger partial charge in [0.05, 0.1) is 7.11 Å². The van der Waals surface area contributed by atoms with Crippen molar-refractivity contribution in [2.75, 3.05) is 7.11 Å². The summed E-state index contributed by atoms with van der Waals surface area (Å²) in [5.41, 5.74) is 0.817. The molecule has 0 aliphatic heterocycles. The molecule has 0 spiro atoms. The average Bonchev–Trinajstić information content (AvgIpc) is 2.16. The van der Waals surface area contributed by atoms with E-state index in [2.05, 4.69) is 15.2 Å². The van der Waals surface area contributed by atoms with Gasteiger partial charge >= 0.3 is 0 Å². The zero-order chi connectivity index (χ0) is 10.7. The van der Waals surface area contributed by atoms with Crippen molar-refractivity contribution in [2.45, 2.75) is 39.5 Å². The largest absolute Gasteiger partial charge is 0.480 e. The molecule has 0 aliphatic rings. The van der Waals surface area contributed by atoms with Gasteiger partial charge in [-0.2, -0.15) is 4.98 Å². The maximum atomic E-state index is 5.18. The van der Waals surface area contributed by atoms with Crippen molar-refractivity contribution >= 4 is 0 Å². The topological polar surface area (TPSA) is 47.9 Å². The molecule has 0 saturated heterocycles. The minimum Gasteiger partial charge on any atom is -0.480 e. The molecule has 0 bridgehead atoms. The summed E-state index contributed by atoms with van der Waals surface area (Å²) in [5.74, 6) is 1.88. The Morgan fingerprint density at radius 1 is 1.00 bits per heavy atom. The minimum absolute atomic E-state index is 0.276. The van der Waals surface area contributed by atoms with E-state index in [9.17, 15) is 0 Å². The maximum absolute atomic E-state index is 5.18. The summed E-state index contributed by atoms with van der Waals surface area (Å²) in [6.45, 7) is 8.16. The van der Waals surface area contributed by atoms with Crippen molar-refractivity contribution in [3.63, 3.8) is 0 Å². The number of hydrogen-bond donors (Lipinski definition) is 0. The van der Waals surface area contributed by atoms with Gasteiger partial charge in [-0.3, -0.25) is 0 Å². The smallest absolute Gasteiger partial charge is 0.239 e. The molecule has 0 amide bonds. The van der Waals surface area contributed by atoms with E-state index in [0.29, 0.717) is 5.88 Å². The Kier molecular flexibility index (Phi) is 3.38. The second-order valence-corrected chi connectivity index (χ2v) is 3.87. The summed E-state index contributed by atoms with van der Waals surface area (Å²) in [6, 6.07) is 0. The fourth-order valence-electron chi connectivity index (χ4n) is 1.09. The molecule has 0 saturated carbocycles. The molecular weight excluding hydrogens is 178 g/mol. The molecule has 14 heavy (non-hydrogen) atoms. The fourth-order valence-corrected chi connectivity index (χ4v) is 1.09. The van der Waals surface area contributed by atoms with Crippen LogP contribution in [0.1, 0.15) is 51.0 Å². The lowest BCUT2D eigenvalue weighted by Crippen LogP contribution is -2.07. The maximum Gasteiger partial charge on any atom is 0.239 e. The lowest BCUT2D eigenvalue weighted by atomic mass is 10.1. The SMILES string of the molecule is COc1nc(C(C)C)nnc1C(C)C. The van der Waals surface area contributed by atoms with Crippen molar-refractivity contribution in [2.24, 2.45) is 0 Å². The summed E-state index contributed by atoms with van der Waals surface area (Å²) in [6.07, 6.45) is 0. The Balaban J connectivity index is 3.11. The number of nitrogens with zero attached hydrogens (tertiary/aromatic N) is 3. The van der Waals surface area contributed by atoms with Crippen LogP contribution in [-0.2, 0) is 0 Å². The van der Waals surface area contributed by atoms with E-state index in [4.69, 9.17) is 4.74 Å². The summed E-state index contributed by atoms with van der Waals surface area (Å²) < 4.78 is 5.18. The quantitative estimate of drug-likeness (QED) is 0.741. The standard InChI is InChI=1S/C10H17N3O/c1-6(2)8-10(14-5)11-9(7(3)4)13-12-8/h6-7H,1-5H3. The molecule has 1 aromatic rings. The van der Waals surface area contributed by atoms with Crippen LogP contribution in [0.3, 0.4) is 0 Å². The van der Waals surface area contributed by atoms with Crippen molar-refractivity contribution in [1.82, 2.24) is 15.2 Å². The number of methoxy groups -OCH3 is 1. The molecule has 78 valence electrons. The van der Waals surface area contributed by atoms with Gasteiger partial charge < -0.3 is 4.74 Å². The molecule has 4 nitrogen and oxygen atoms in total. The third-order valence-corrected chi connectivity index (χ3v) is 1.95. The highest BCUT2D eigenvalue weighted by Gasteiger charge is 2.14. The highest BCUT2D eigenvalue weighted by molar-refractivity contribution is 5.20. The van der Waals surface area contributed by atoms with Crippen LogP contribution < -0.4 is 4.74 Å². The zero-order valence-electron chi connectivity index (χ0n) is 9.40. The Bertz CT molecular complexity index is 310. The Morgan fingerprint density at radius 3 is 2.07 bits per heavy atom. The van der Waals surface area contributed by atoms with Crippen molar-refractivity contribution < 1.29 is 4.74 Å². The first-order chi connectivity index (χ1) is 6.56. The minimum atomic E-state index is 0.276. The normalized spacial score (nSPS) is 11.1. The van der Waals surface area contributed by atoms with Crippen LogP contribution in [0.5, 0.6) is 5.88 Å². The summed E-state index contributed by atoms with van der Waals surface area (Å²) in [7, 11) is 1.61. The number of hydrogen-bond acceptors (Lipinski definition) is 4. The van der Waals surface area contributed by atoms with Crippen molar-refractivity contribution in [3.05, 3.63) is 11.5 Å². The van der Waals surface area contributed by atoms with Crippen LogP contribution in [-0.4, -0.2) is 22.3 Å². The number of ether oxygens (including phenoxy) is 1. The first kappa shape index (κ1) is 10.9. The third kappa shape index (κ3) is 2.19. The number of rotatable bonds is 3. The molecule has 4 heteroatoms. The van der Waals surface area contributed by atoms with Crippen LogP contribution in [0.25, 0.3) is 0 Å². The fraction of sp³-hybridized carbons (Fsp3) is 0.700. The highest BCUT2D eigenvalue weighted by Crippen LogP contribution is 2.22. The molecular formula is C10H17N3O. The van der Waals surface area contributed by atoms with E-state index < -0.39 is 0 Å². The van der Waals surface area contributed by atoms with Gasteiger partial charge in [-0.15, -0.1) is 10.2 Å². The van der Waals surface area contributed by atoms with Crippen molar-refractivity contribution in [3.8, 4) is 5.88 Å². The van der Waals surface area contributed by atoms with Crippen LogP contribution in [0.15, 0.2) is 0 Å². The van der Waals surface area contributed by atoms with E-state index in [-0.39, 0.29) is 11.8 Å². The molecule has 1 rings (SSSR count). The van der Waals surface area contributed by atoms with E-state index in [0.717, 1.165) is 11.5 Å². The Labute approximate surface area is 84.7 Å². The first-order valence-corrected chi connectivity index (χ1v) is 4.84. The van der Waals surface area contributed by atoms with Gasteiger partial charge in [-0.1, -0.05) is 27.7 Å². The monoisotopic (exact) mass is 195 g/mol. The van der Waals surface area contributed by atoms with Crippen LogP contribution >= 0.6 is 0 Å². The second kappa shape index (κ2) is 4.35. The first-order valence-electron chi connectivity index (χ1n) is 4.84. The van der Waals surface area contributed by atoms with Gasteiger partial charge in [0.1, 0.15) is 5.69 Å². The lowest BCUT2D eigenvalue weighted by Gasteiger charge is -2.10. The zero-order valence-corrected chi connectivity index (χ0v) is 9.40. The van der Waals surface area contributed by atoms with Gasteiger partial charge in [-0.05, 0) is 0 Å². The molecule has 0 aromatic carbocycles. The summed E-state index contributed by atoms with van der Waals surface area (Å²) in [5, 5.41) is 8.20. The second-order valence-electron chi connectivity index (χ2n) is 3.87. The van der Waals surface area contributed by atoms with Crippen LogP contribution in [0.4, 0.5) is 0 Å². The van der Waals surface area contributed by atoms with E-state index in [1.54, 1.807) is 7.11 Å².